The van der Waals surface area contributed by atoms with Gasteiger partial charge in [0.15, 0.2) is 35.6 Å². The standard InChI is InChI=1S/C29H33O16P/c1-11-38-9-20-27(42-11)23(30)24(31)29(43-20)44-25-14-7-17-16(40-10-41-17)6-13(14)21(22-15(25)8-39-28(22)32)12-4-18(36-2)26(19(5-12)37-3)45-46(33,34)35/h4-7,11,15,20-25,27,29-31H,8-10H2,1-3H3,(H2,33,34,35)/t11-,15+,20-,21-,22+,23-,24-,25-,27-,29+/m1/s1/i8D2,21D. The molecule has 17 heteroatoms. The number of carbonyl (C=O) groups excluding carboxylic acids is 1. The minimum atomic E-state index is -5.13. The normalized spacial score (nSPS) is 38.3. The maximum atomic E-state index is 13.8. The van der Waals surface area contributed by atoms with Crippen LogP contribution in [-0.4, -0.2) is 97.1 Å². The van der Waals surface area contributed by atoms with Gasteiger partial charge in [0.1, 0.15) is 24.4 Å². The van der Waals surface area contributed by atoms with E-state index in [1.165, 1.54) is 38.5 Å². The summed E-state index contributed by atoms with van der Waals surface area (Å²) in [7, 11) is -2.77. The predicted molar refractivity (Wildman–Crippen MR) is 149 cm³/mol. The molecule has 2 aromatic carbocycles. The van der Waals surface area contributed by atoms with E-state index in [-0.39, 0.29) is 53.1 Å². The van der Waals surface area contributed by atoms with Gasteiger partial charge in [-0.25, -0.2) is 4.57 Å². The van der Waals surface area contributed by atoms with Crippen LogP contribution in [0.4, 0.5) is 0 Å². The molecule has 0 amide bonds. The molecule has 0 spiro atoms. The summed E-state index contributed by atoms with van der Waals surface area (Å²) in [6, 6.07) is 5.32. The Bertz CT molecular complexity index is 1680. The number of cyclic esters (lactones) is 1. The molecule has 16 nitrogen and oxygen atoms in total. The summed E-state index contributed by atoms with van der Waals surface area (Å²) < 4.78 is 94.9. The highest BCUT2D eigenvalue weighted by molar-refractivity contribution is 7.46. The van der Waals surface area contributed by atoms with Crippen molar-refractivity contribution >= 4 is 13.8 Å². The topological polar surface area (TPSA) is 207 Å². The fourth-order valence-corrected chi connectivity index (χ4v) is 6.84. The van der Waals surface area contributed by atoms with Crippen molar-refractivity contribution in [2.24, 2.45) is 11.8 Å². The zero-order chi connectivity index (χ0) is 35.2. The first-order chi connectivity index (χ1) is 23.1. The quantitative estimate of drug-likeness (QED) is 0.240. The monoisotopic (exact) mass is 671 g/mol. The van der Waals surface area contributed by atoms with Gasteiger partial charge in [-0.3, -0.25) is 14.6 Å². The molecule has 3 fully saturated rings. The highest BCUT2D eigenvalue weighted by Crippen LogP contribution is 2.57. The summed E-state index contributed by atoms with van der Waals surface area (Å²) in [5, 5.41) is 22.1. The lowest BCUT2D eigenvalue weighted by Crippen LogP contribution is -2.63. The zero-order valence-corrected chi connectivity index (χ0v) is 25.4. The molecule has 10 atom stereocenters. The van der Waals surface area contributed by atoms with Crippen molar-refractivity contribution in [3.63, 3.8) is 0 Å². The Morgan fingerprint density at radius 3 is 2.30 bits per heavy atom. The Morgan fingerprint density at radius 1 is 0.978 bits per heavy atom. The molecule has 4 N–H and O–H groups in total. The molecule has 5 aliphatic rings. The van der Waals surface area contributed by atoms with Crippen LogP contribution in [0.15, 0.2) is 24.3 Å². The van der Waals surface area contributed by atoms with E-state index in [0.717, 1.165) is 0 Å². The molecule has 7 rings (SSSR count). The van der Waals surface area contributed by atoms with Crippen LogP contribution in [0, 0.1) is 11.8 Å². The van der Waals surface area contributed by atoms with Crippen molar-refractivity contribution in [3.05, 3.63) is 41.0 Å². The number of carbonyl (C=O) groups is 1. The average Bonchev–Trinajstić information content (AvgIpc) is 3.60. The lowest BCUT2D eigenvalue weighted by atomic mass is 9.66. The van der Waals surface area contributed by atoms with Gasteiger partial charge >= 0.3 is 13.8 Å². The highest BCUT2D eigenvalue weighted by Gasteiger charge is 2.56. The lowest BCUT2D eigenvalue weighted by molar-refractivity contribution is -0.364. The first kappa shape index (κ1) is 27.9. The summed E-state index contributed by atoms with van der Waals surface area (Å²) in [4.78, 5) is 32.8. The molecule has 0 unspecified atom stereocenters. The summed E-state index contributed by atoms with van der Waals surface area (Å²) in [5.41, 5.74) is 0.154. The van der Waals surface area contributed by atoms with Crippen LogP contribution in [0.3, 0.4) is 0 Å². The van der Waals surface area contributed by atoms with E-state index in [1.807, 2.05) is 0 Å². The molecule has 1 aliphatic carbocycles. The molecule has 0 radical (unpaired) electrons. The SMILES string of the molecule is [2H]C1([2H])OC(=O)[C@H]2[C@H]1[C@H](O[C@@H]1O[C@@H]3CO[C@@H](C)O[C@H]3[C@H](O)[C@H]1O)c1cc3c(cc1[C@@]2([2H])c1cc(OC)c(OP(=O)(O)O)c(OC)c1)OCO3. The number of aliphatic hydroxyl groups is 2. The first-order valence-corrected chi connectivity index (χ1v) is 15.7. The fraction of sp³-hybridized carbons (Fsp3) is 0.552. The van der Waals surface area contributed by atoms with Crippen LogP contribution in [0.2, 0.25) is 0 Å². The van der Waals surface area contributed by atoms with Gasteiger partial charge in [-0.05, 0) is 47.9 Å². The minimum absolute atomic E-state index is 0.00881. The van der Waals surface area contributed by atoms with E-state index < -0.39 is 86.9 Å². The summed E-state index contributed by atoms with van der Waals surface area (Å²) in [5.74, 6) is -7.21. The molecular weight excluding hydrogens is 635 g/mol. The molecule has 0 saturated carbocycles. The van der Waals surface area contributed by atoms with Gasteiger partial charge in [-0.15, -0.1) is 0 Å². The molecule has 2 aromatic rings. The third-order valence-electron chi connectivity index (χ3n) is 8.43. The number of benzene rings is 2. The number of esters is 1. The Labute approximate surface area is 266 Å². The van der Waals surface area contributed by atoms with Gasteiger partial charge in [0.05, 0.1) is 42.1 Å². The van der Waals surface area contributed by atoms with Crippen molar-refractivity contribution < 1.29 is 80.6 Å². The second kappa shape index (κ2) is 11.8. The molecule has 3 saturated heterocycles. The van der Waals surface area contributed by atoms with Crippen LogP contribution in [0.1, 0.15) is 39.7 Å². The van der Waals surface area contributed by atoms with Crippen molar-refractivity contribution in [3.8, 4) is 28.7 Å². The number of fused-ring (bicyclic) bond motifs is 4. The number of ether oxygens (including phenoxy) is 9. The second-order valence-corrected chi connectivity index (χ2v) is 12.3. The third kappa shape index (κ3) is 5.37. The summed E-state index contributed by atoms with van der Waals surface area (Å²) >= 11 is 0. The molecule has 4 heterocycles. The molecule has 46 heavy (non-hydrogen) atoms. The van der Waals surface area contributed by atoms with Gasteiger partial charge in [0, 0.05) is 13.2 Å². The van der Waals surface area contributed by atoms with Crippen LogP contribution in [0.5, 0.6) is 28.7 Å². The van der Waals surface area contributed by atoms with Gasteiger partial charge in [0.2, 0.25) is 12.5 Å². The second-order valence-electron chi connectivity index (χ2n) is 11.1. The Kier molecular flexibility index (Phi) is 7.16. The number of hydrogen-bond donors (Lipinski definition) is 4. The van der Waals surface area contributed by atoms with Crippen LogP contribution in [-0.2, 0) is 33.0 Å². The smallest absolute Gasteiger partial charge is 0.493 e. The van der Waals surface area contributed by atoms with Crippen molar-refractivity contribution in [2.45, 2.75) is 55.9 Å². The van der Waals surface area contributed by atoms with Gasteiger partial charge in [-0.1, -0.05) is 0 Å². The predicted octanol–water partition coefficient (Wildman–Crippen LogP) is 1.10. The minimum Gasteiger partial charge on any atom is -0.493 e. The molecule has 0 bridgehead atoms. The van der Waals surface area contributed by atoms with E-state index in [9.17, 15) is 30.7 Å². The number of methoxy groups -OCH3 is 2. The van der Waals surface area contributed by atoms with Crippen molar-refractivity contribution in [2.75, 3.05) is 34.2 Å². The number of aliphatic hydroxyl groups excluding tert-OH is 2. The average molecular weight is 672 g/mol. The number of hydrogen-bond acceptors (Lipinski definition) is 14. The van der Waals surface area contributed by atoms with Gasteiger partial charge in [0.25, 0.3) is 0 Å². The molecular formula is C29H33O16P. The van der Waals surface area contributed by atoms with Gasteiger partial charge in [-0.2, -0.15) is 0 Å². The van der Waals surface area contributed by atoms with Gasteiger partial charge < -0.3 is 57.4 Å². The molecule has 0 aromatic heterocycles. The molecule has 250 valence electrons. The Morgan fingerprint density at radius 2 is 1.65 bits per heavy atom. The van der Waals surface area contributed by atoms with Crippen molar-refractivity contribution in [1.82, 2.24) is 0 Å². The first-order valence-electron chi connectivity index (χ1n) is 15.7. The number of rotatable bonds is 7. The molecule has 4 aliphatic heterocycles. The maximum absolute atomic E-state index is 13.8. The summed E-state index contributed by atoms with van der Waals surface area (Å²) in [6.45, 7) is -1.32. The largest absolute Gasteiger partial charge is 0.525 e. The van der Waals surface area contributed by atoms with Crippen LogP contribution >= 0.6 is 7.82 Å². The lowest BCUT2D eigenvalue weighted by Gasteiger charge is -2.47. The number of phosphoric ester groups is 1. The Hall–Kier alpha value is -3.18. The van der Waals surface area contributed by atoms with E-state index >= 15 is 0 Å². The zero-order valence-electron chi connectivity index (χ0n) is 27.6. The van der Waals surface area contributed by atoms with E-state index in [2.05, 4.69) is 0 Å². The van der Waals surface area contributed by atoms with E-state index in [1.54, 1.807) is 6.92 Å². The maximum Gasteiger partial charge on any atom is 0.525 e. The summed E-state index contributed by atoms with van der Waals surface area (Å²) in [6.07, 6.45) is -8.73. The van der Waals surface area contributed by atoms with E-state index in [0.29, 0.717) is 0 Å². The van der Waals surface area contributed by atoms with E-state index in [4.69, 9.17) is 49.9 Å². The highest BCUT2D eigenvalue weighted by atomic mass is 31.2. The Balaban J connectivity index is 1.40. The van der Waals surface area contributed by atoms with Crippen LogP contribution in [0.25, 0.3) is 0 Å². The van der Waals surface area contributed by atoms with Crippen molar-refractivity contribution in [1.29, 1.82) is 0 Å². The number of phosphoric acid groups is 1. The van der Waals surface area contributed by atoms with Crippen LogP contribution < -0.4 is 23.5 Å². The third-order valence-corrected chi connectivity index (χ3v) is 8.85. The fourth-order valence-electron chi connectivity index (χ4n) is 6.42.